The fourth-order valence-corrected chi connectivity index (χ4v) is 4.72. The van der Waals surface area contributed by atoms with Gasteiger partial charge in [0.05, 0.1) is 12.5 Å². The monoisotopic (exact) mass is 500 g/mol. The molecule has 4 rings (SSSR count). The van der Waals surface area contributed by atoms with Crippen LogP contribution in [0.4, 0.5) is 8.78 Å². The number of aliphatic hydroxyl groups is 1. The lowest BCUT2D eigenvalue weighted by molar-refractivity contribution is -0.162. The number of aliphatic hydroxyl groups excluding tert-OH is 1. The van der Waals surface area contributed by atoms with Crippen molar-refractivity contribution < 1.29 is 28.2 Å². The lowest BCUT2D eigenvalue weighted by Crippen LogP contribution is -2.36. The van der Waals surface area contributed by atoms with Gasteiger partial charge in [-0.25, -0.2) is 8.78 Å². The van der Waals surface area contributed by atoms with Crippen LogP contribution < -0.4 is 4.74 Å². The van der Waals surface area contributed by atoms with Crippen LogP contribution in [0.25, 0.3) is 0 Å². The minimum absolute atomic E-state index is 0.0233. The quantitative estimate of drug-likeness (QED) is 0.325. The average Bonchev–Trinajstić information content (AvgIpc) is 2.77. The number of cyclic esters (lactones) is 1. The van der Waals surface area contributed by atoms with Crippen LogP contribution in [0.3, 0.4) is 0 Å². The van der Waals surface area contributed by atoms with Gasteiger partial charge in [-0.15, -0.1) is 0 Å². The van der Waals surface area contributed by atoms with Crippen molar-refractivity contribution in [2.45, 2.75) is 51.7 Å². The van der Waals surface area contributed by atoms with Crippen molar-refractivity contribution in [2.24, 2.45) is 0 Å². The normalized spacial score (nSPS) is 18.0. The Morgan fingerprint density at radius 1 is 1.00 bits per heavy atom. The molecule has 3 aromatic carbocycles. The van der Waals surface area contributed by atoms with Crippen molar-refractivity contribution in [1.29, 1.82) is 0 Å². The van der Waals surface area contributed by atoms with Crippen LogP contribution in [0.1, 0.15) is 52.1 Å². The Morgan fingerprint density at radius 2 is 1.60 bits per heavy atom. The summed E-state index contributed by atoms with van der Waals surface area (Å²) in [7, 11) is 0. The first kappa shape index (κ1) is 25.1. The summed E-state index contributed by atoms with van der Waals surface area (Å²) in [6, 6.07) is 13.3. The van der Waals surface area contributed by atoms with Crippen LogP contribution in [-0.2, 0) is 9.53 Å². The number of aryl methyl sites for hydroxylation is 3. The number of carbonyl (C=O) groups excluding carboxylic acids is 1. The molecule has 3 aromatic rings. The number of esters is 1. The molecule has 7 heteroatoms. The standard InChI is InChI=1S/C28H27ClF2O4/c1-15-4-6-18(9-24(15)30)27(19-7-5-16(2)25(31)10-19)23-11-20(29)8-17(3)28(23)34-14-22-12-21(32)13-26(33)35-22/h4-11,21-22,27,32H,12-14H2,1-3H3/t21-,22+/m1/s1. The first-order chi connectivity index (χ1) is 16.6. The van der Waals surface area contributed by atoms with Gasteiger partial charge < -0.3 is 14.6 Å². The molecule has 0 spiro atoms. The van der Waals surface area contributed by atoms with Crippen LogP contribution >= 0.6 is 11.6 Å². The smallest absolute Gasteiger partial charge is 0.308 e. The third-order valence-electron chi connectivity index (χ3n) is 6.29. The maximum absolute atomic E-state index is 14.6. The molecule has 1 aliphatic rings. The Labute approximate surface area is 208 Å². The fourth-order valence-electron chi connectivity index (χ4n) is 4.44. The van der Waals surface area contributed by atoms with E-state index in [1.807, 2.05) is 6.92 Å². The summed E-state index contributed by atoms with van der Waals surface area (Å²) in [6.45, 7) is 5.21. The Bertz CT molecular complexity index is 1210. The van der Waals surface area contributed by atoms with Gasteiger partial charge in [0, 0.05) is 22.9 Å². The van der Waals surface area contributed by atoms with Gasteiger partial charge in [0.2, 0.25) is 0 Å². The van der Waals surface area contributed by atoms with E-state index in [1.54, 1.807) is 50.2 Å². The second-order valence-electron chi connectivity index (χ2n) is 9.11. The van der Waals surface area contributed by atoms with Crippen LogP contribution in [0.5, 0.6) is 5.75 Å². The van der Waals surface area contributed by atoms with Crippen molar-refractivity contribution in [1.82, 2.24) is 0 Å². The maximum Gasteiger partial charge on any atom is 0.308 e. The fraction of sp³-hybridized carbons (Fsp3) is 0.321. The van der Waals surface area contributed by atoms with Crippen LogP contribution in [0.15, 0.2) is 48.5 Å². The van der Waals surface area contributed by atoms with E-state index in [0.29, 0.717) is 38.6 Å². The highest BCUT2D eigenvalue weighted by atomic mass is 35.5. The molecule has 4 nitrogen and oxygen atoms in total. The minimum Gasteiger partial charge on any atom is -0.489 e. The van der Waals surface area contributed by atoms with E-state index in [1.165, 1.54) is 12.1 Å². The van der Waals surface area contributed by atoms with E-state index in [0.717, 1.165) is 5.56 Å². The molecule has 1 fully saturated rings. The topological polar surface area (TPSA) is 55.8 Å². The number of hydrogen-bond acceptors (Lipinski definition) is 4. The third-order valence-corrected chi connectivity index (χ3v) is 6.50. The van der Waals surface area contributed by atoms with Crippen molar-refractivity contribution in [3.05, 3.63) is 98.6 Å². The summed E-state index contributed by atoms with van der Waals surface area (Å²) in [5.74, 6) is -1.31. The number of ether oxygens (including phenoxy) is 2. The molecule has 0 saturated carbocycles. The summed E-state index contributed by atoms with van der Waals surface area (Å²) < 4.78 is 40.7. The van der Waals surface area contributed by atoms with Crippen molar-refractivity contribution >= 4 is 17.6 Å². The molecule has 0 unspecified atom stereocenters. The van der Waals surface area contributed by atoms with Crippen LogP contribution in [0, 0.1) is 32.4 Å². The molecule has 1 saturated heterocycles. The molecule has 2 atom stereocenters. The lowest BCUT2D eigenvalue weighted by atomic mass is 9.83. The van der Waals surface area contributed by atoms with E-state index in [2.05, 4.69) is 0 Å². The number of rotatable bonds is 6. The summed E-state index contributed by atoms with van der Waals surface area (Å²) >= 11 is 6.44. The zero-order valence-corrected chi connectivity index (χ0v) is 20.5. The number of carbonyl (C=O) groups is 1. The van der Waals surface area contributed by atoms with Crippen LogP contribution in [0.2, 0.25) is 5.02 Å². The van der Waals surface area contributed by atoms with Gasteiger partial charge in [-0.3, -0.25) is 4.79 Å². The highest BCUT2D eigenvalue weighted by Crippen LogP contribution is 2.41. The number of hydrogen-bond donors (Lipinski definition) is 1. The maximum atomic E-state index is 14.6. The Morgan fingerprint density at radius 3 is 2.14 bits per heavy atom. The highest BCUT2D eigenvalue weighted by molar-refractivity contribution is 6.30. The van der Waals surface area contributed by atoms with Gasteiger partial charge in [-0.05, 0) is 72.9 Å². The molecule has 1 N–H and O–H groups in total. The second kappa shape index (κ2) is 10.3. The molecule has 0 bridgehead atoms. The SMILES string of the molecule is Cc1ccc(C(c2ccc(C)c(F)c2)c2cc(Cl)cc(C)c2OC[C@@H]2C[C@@H](O)CC(=O)O2)cc1F. The van der Waals surface area contributed by atoms with Gasteiger partial charge in [0.25, 0.3) is 0 Å². The van der Waals surface area contributed by atoms with Gasteiger partial charge >= 0.3 is 5.97 Å². The zero-order valence-electron chi connectivity index (χ0n) is 19.8. The van der Waals surface area contributed by atoms with E-state index in [-0.39, 0.29) is 31.1 Å². The largest absolute Gasteiger partial charge is 0.489 e. The molecule has 35 heavy (non-hydrogen) atoms. The third kappa shape index (κ3) is 5.65. The first-order valence-electron chi connectivity index (χ1n) is 11.4. The highest BCUT2D eigenvalue weighted by Gasteiger charge is 2.29. The molecular formula is C28H27ClF2O4. The predicted molar refractivity (Wildman–Crippen MR) is 130 cm³/mol. The lowest BCUT2D eigenvalue weighted by Gasteiger charge is -2.28. The van der Waals surface area contributed by atoms with E-state index < -0.39 is 24.1 Å². The van der Waals surface area contributed by atoms with E-state index in [9.17, 15) is 18.7 Å². The Kier molecular flexibility index (Phi) is 7.43. The summed E-state index contributed by atoms with van der Waals surface area (Å²) in [5, 5.41) is 10.4. The molecule has 0 aromatic heterocycles. The summed E-state index contributed by atoms with van der Waals surface area (Å²) in [6.07, 6.45) is -1.17. The van der Waals surface area contributed by atoms with E-state index in [4.69, 9.17) is 21.1 Å². The molecule has 0 radical (unpaired) electrons. The van der Waals surface area contributed by atoms with Crippen molar-refractivity contribution in [3.63, 3.8) is 0 Å². The number of halogens is 3. The predicted octanol–water partition coefficient (Wildman–Crippen LogP) is 6.17. The van der Waals surface area contributed by atoms with Gasteiger partial charge in [-0.1, -0.05) is 35.9 Å². The molecule has 1 aliphatic heterocycles. The van der Waals surface area contributed by atoms with Gasteiger partial charge in [0.1, 0.15) is 30.1 Å². The minimum atomic E-state index is -0.783. The van der Waals surface area contributed by atoms with Gasteiger partial charge in [0.15, 0.2) is 0 Å². The Hall–Kier alpha value is -2.96. The Balaban J connectivity index is 1.81. The summed E-state index contributed by atoms with van der Waals surface area (Å²) in [4.78, 5) is 11.7. The summed E-state index contributed by atoms with van der Waals surface area (Å²) in [5.41, 5.74) is 3.58. The number of benzene rings is 3. The van der Waals surface area contributed by atoms with Gasteiger partial charge in [-0.2, -0.15) is 0 Å². The molecular weight excluding hydrogens is 474 g/mol. The molecule has 184 valence electrons. The average molecular weight is 501 g/mol. The molecule has 0 aliphatic carbocycles. The zero-order chi connectivity index (χ0) is 25.3. The van der Waals surface area contributed by atoms with Crippen molar-refractivity contribution in [2.75, 3.05) is 6.61 Å². The second-order valence-corrected chi connectivity index (χ2v) is 9.54. The van der Waals surface area contributed by atoms with Crippen LogP contribution in [-0.4, -0.2) is 29.9 Å². The first-order valence-corrected chi connectivity index (χ1v) is 11.8. The van der Waals surface area contributed by atoms with E-state index >= 15 is 0 Å². The van der Waals surface area contributed by atoms with Crippen molar-refractivity contribution in [3.8, 4) is 5.75 Å². The molecule has 1 heterocycles. The molecule has 0 amide bonds.